The number of rotatable bonds is 6. The standard InChI is InChI=1S/C8H7O.C7H5O2.C7H8P.C6H6OP.2C5H8O.2C4H8O.6CH4.3HI.2H2O.2V.4Y/c1-7-2-4-8(6-9)5-3-7;8-5-6-1-3-7(9)4-2-6;1-6-2-4-7(8)5-3-6;7-5-1-3-6(8)4-2-5;2*1-2-4-6-5-3-1;2*1-3-5-4-2;;;;;;;;;;;;;;;;;/h2,4-6H,1H3;1-3,5,9H;2,4-5H,8H2,1H3;1,3-4,7H,8H2;2*2,4H,1,3,5H2;2*3H,1,4H2,2H3;6*1H4;3*1H;2*1H2;;;;;;/q4*-1;;;;;;;;;;;;;;;;;+3;;;;/p-3. The van der Waals surface area contributed by atoms with Gasteiger partial charge in [0.2, 0.25) is 0 Å². The van der Waals surface area contributed by atoms with Gasteiger partial charge < -0.3 is 49.7 Å². The van der Waals surface area contributed by atoms with E-state index in [4.69, 9.17) is 19.7 Å². The molecule has 0 amide bonds. The maximum atomic E-state index is 10.1. The minimum Gasteiger partial charge on any atom is 0 e. The van der Waals surface area contributed by atoms with Gasteiger partial charge in [-0.25, -0.2) is 0 Å². The summed E-state index contributed by atoms with van der Waals surface area (Å²) in [5.41, 5.74) is 3.45. The number of carbonyl (C=O) groups excluding carboxylic acids is 2. The van der Waals surface area contributed by atoms with Crippen LogP contribution >= 0.6 is 78.4 Å². The molecule has 73 heavy (non-hydrogen) atoms. The van der Waals surface area contributed by atoms with Crippen molar-refractivity contribution >= 4 is 102 Å². The molecule has 21 heteroatoms. The molecule has 0 aromatic heterocycles. The summed E-state index contributed by atoms with van der Waals surface area (Å²) in [6.45, 7) is 17.7. The van der Waals surface area contributed by atoms with Crippen LogP contribution in [0.5, 0.6) is 11.5 Å². The van der Waals surface area contributed by atoms with E-state index in [0.717, 1.165) is 43.6 Å². The van der Waals surface area contributed by atoms with Gasteiger partial charge in [0.15, 0.2) is 0 Å². The number of phenolic OH excluding ortho intramolecular Hbond substituents is 2. The molecule has 2 aliphatic heterocycles. The van der Waals surface area contributed by atoms with E-state index in [1.54, 1.807) is 42.9 Å². The Morgan fingerprint density at radius 1 is 0.603 bits per heavy atom. The molecule has 0 fully saturated rings. The van der Waals surface area contributed by atoms with Gasteiger partial charge in [-0.1, -0.05) is 82.7 Å². The summed E-state index contributed by atoms with van der Waals surface area (Å²) in [6.07, 6.45) is 16.8. The zero-order valence-corrected chi connectivity index (χ0v) is 61.4. The van der Waals surface area contributed by atoms with Gasteiger partial charge in [-0.15, -0.1) is 34.9 Å². The van der Waals surface area contributed by atoms with Crippen LogP contribution < -0.4 is 10.6 Å². The van der Waals surface area contributed by atoms with Gasteiger partial charge in [-0.3, -0.25) is 0 Å². The Morgan fingerprint density at radius 2 is 0.904 bits per heavy atom. The Morgan fingerprint density at radius 3 is 1.05 bits per heavy atom. The van der Waals surface area contributed by atoms with E-state index >= 15 is 0 Å². The summed E-state index contributed by atoms with van der Waals surface area (Å²) >= 11 is 7.39. The van der Waals surface area contributed by atoms with Gasteiger partial charge in [0.05, 0.1) is 64.0 Å². The molecule has 0 spiro atoms. The molecule has 2 heterocycles. The van der Waals surface area contributed by atoms with Crippen molar-refractivity contribution in [3.05, 3.63) is 170 Å². The van der Waals surface area contributed by atoms with Crippen molar-refractivity contribution in [3.8, 4) is 11.5 Å². The van der Waals surface area contributed by atoms with Crippen LogP contribution in [0.3, 0.4) is 0 Å². The number of aryl methyl sites for hydroxylation is 2. The Balaban J connectivity index is -0.0000000353. The molecule has 6 N–H and O–H groups in total. The molecule has 2 atom stereocenters. The van der Waals surface area contributed by atoms with Crippen molar-refractivity contribution in [2.24, 2.45) is 0 Å². The van der Waals surface area contributed by atoms with Crippen molar-refractivity contribution in [3.63, 3.8) is 0 Å². The van der Waals surface area contributed by atoms with E-state index in [1.165, 1.54) is 67.3 Å². The maximum Gasteiger partial charge on any atom is 0 e. The molecule has 6 rings (SSSR count). The number of hydrogen-bond acceptors (Lipinski definition) is 8. The van der Waals surface area contributed by atoms with Crippen molar-refractivity contribution in [1.29, 1.82) is 0 Å². The second kappa shape index (κ2) is 93.8. The molecule has 0 bridgehead atoms. The van der Waals surface area contributed by atoms with Crippen molar-refractivity contribution in [2.75, 3.05) is 26.4 Å². The van der Waals surface area contributed by atoms with Gasteiger partial charge >= 0.3 is 64.9 Å². The van der Waals surface area contributed by atoms with Gasteiger partial charge in [0.25, 0.3) is 0 Å². The SMILES string of the molecule is C.C.C.C.C.C.C1=COCCC1.C1=COCCC1.C=COCC.C=COCC.Cc1[c-]cc(C=O)cc1.Cc1[c-]cc(P)cc1.O.O.O=Cc1c[c-]c(O)cc1.Oc1[c-]cc(P)cc1.[I][V]([I])[I].[V].[Y].[Y].[Y].[Y]. The maximum absolute atomic E-state index is 10.1. The Bertz CT molecular complexity index is 1500. The molecule has 2 unspecified atom stereocenters. The molecule has 411 valence electrons. The van der Waals surface area contributed by atoms with Gasteiger partial charge in [-0.2, -0.15) is 102 Å². The van der Waals surface area contributed by atoms with E-state index in [-0.39, 0.29) is 221 Å². The van der Waals surface area contributed by atoms with Crippen LogP contribution in [-0.4, -0.2) is 60.2 Å². The van der Waals surface area contributed by atoms with Crippen LogP contribution in [0.1, 0.15) is 116 Å². The van der Waals surface area contributed by atoms with Crippen LogP contribution in [0, 0.1) is 38.1 Å². The zero-order chi connectivity index (χ0) is 45.7. The third-order valence-corrected chi connectivity index (χ3v) is 6.84. The third kappa shape index (κ3) is 100. The topological polar surface area (TPSA) is 175 Å². The minimum atomic E-state index is -0.278. The van der Waals surface area contributed by atoms with Crippen LogP contribution in [0.25, 0.3) is 0 Å². The third-order valence-electron chi connectivity index (χ3n) is 6.12. The summed E-state index contributed by atoms with van der Waals surface area (Å²) < 4.78 is 19.0. The fourth-order valence-electron chi connectivity index (χ4n) is 3.25. The first-order valence-corrected chi connectivity index (χ1v) is 33.0. The quantitative estimate of drug-likeness (QED) is 0.0630. The first kappa shape index (κ1) is 118. The van der Waals surface area contributed by atoms with E-state index in [0.29, 0.717) is 17.4 Å². The first-order valence-electron chi connectivity index (χ1n) is 18.3. The number of halogens is 3. The number of allylic oxidation sites excluding steroid dienone is 2. The minimum absolute atomic E-state index is 0. The number of hydrogen-bond donors (Lipinski definition) is 2. The number of aromatic hydroxyl groups is 2. The first-order chi connectivity index (χ1) is 28.8. The van der Waals surface area contributed by atoms with Gasteiger partial charge in [0, 0.05) is 161 Å². The van der Waals surface area contributed by atoms with Crippen molar-refractivity contribution in [1.82, 2.24) is 0 Å². The fourth-order valence-corrected chi connectivity index (χ4v) is 3.61. The molecular weight excluding hydrogens is 1680 g/mol. The summed E-state index contributed by atoms with van der Waals surface area (Å²) in [4.78, 5) is 19.8. The summed E-state index contributed by atoms with van der Waals surface area (Å²) in [6, 6.07) is 32.0. The Labute approximate surface area is 600 Å². The molecule has 0 saturated heterocycles. The molecule has 10 nitrogen and oxygen atoms in total. The van der Waals surface area contributed by atoms with Crippen molar-refractivity contribution in [2.45, 2.75) is 97.9 Å². The normalized spacial score (nSPS) is 8.90. The molecule has 0 aliphatic carbocycles. The number of aldehydes is 2. The van der Waals surface area contributed by atoms with Gasteiger partial charge in [0.1, 0.15) is 0 Å². The summed E-state index contributed by atoms with van der Waals surface area (Å²) in [5.74, 6) is 0.247. The van der Waals surface area contributed by atoms with Gasteiger partial charge in [-0.05, 0) is 51.7 Å². The number of benzene rings is 4. The van der Waals surface area contributed by atoms with E-state index < -0.39 is 0 Å². The van der Waals surface area contributed by atoms with Crippen molar-refractivity contribution < 1.29 is 204 Å². The molecule has 2 aliphatic rings. The number of carbonyl (C=O) groups is 2. The Kier molecular flexibility index (Phi) is 152. The molecule has 5 radical (unpaired) electrons. The summed E-state index contributed by atoms with van der Waals surface area (Å²) in [5, 5.41) is 19.6. The molecule has 4 aromatic rings. The smallest absolute Gasteiger partial charge is 0 e. The Hall–Kier alpha value is 2.53. The average molecular weight is 1770 g/mol. The predicted molar refractivity (Wildman–Crippen MR) is 325 cm³/mol. The monoisotopic (exact) mass is 1770 g/mol. The number of ether oxygens (including phenoxy) is 4. The predicted octanol–water partition coefficient (Wildman–Crippen LogP) is 14.4. The molecule has 0 saturated carbocycles. The van der Waals surface area contributed by atoms with E-state index in [1.807, 2.05) is 58.0 Å². The van der Waals surface area contributed by atoms with E-state index in [9.17, 15) is 9.59 Å². The van der Waals surface area contributed by atoms with E-state index in [2.05, 4.69) is 131 Å². The second-order valence-electron chi connectivity index (χ2n) is 11.1. The van der Waals surface area contributed by atoms with Crippen LogP contribution in [-0.2, 0) is 173 Å². The van der Waals surface area contributed by atoms with Crippen LogP contribution in [0.15, 0.2) is 123 Å². The number of phenols is 2. The zero-order valence-electron chi connectivity index (χ0n) is 38.5. The van der Waals surface area contributed by atoms with Crippen LogP contribution in [0.4, 0.5) is 0 Å². The fraction of sp³-hybridized carbons (Fsp3) is 0.346. The molecular formula is C52H86I3O10P2V2Y4-4. The van der Waals surface area contributed by atoms with Crippen LogP contribution in [0.2, 0.25) is 0 Å². The largest absolute Gasteiger partial charge is 0 e. The second-order valence-corrected chi connectivity index (χ2v) is 47.8. The average Bonchev–Trinajstić information content (AvgIpc) is 3.27. The molecule has 4 aromatic carbocycles. The summed E-state index contributed by atoms with van der Waals surface area (Å²) in [7, 11) is 5.13.